The van der Waals surface area contributed by atoms with Crippen LogP contribution < -0.4 is 27.8 Å². The zero-order valence-corrected chi connectivity index (χ0v) is 15.9. The Bertz CT molecular complexity index is 568. The van der Waals surface area contributed by atoms with Crippen LogP contribution in [0.15, 0.2) is 4.99 Å². The van der Waals surface area contributed by atoms with Gasteiger partial charge in [0.2, 0.25) is 11.8 Å². The number of nitrogens with two attached hydrogens (primary N) is 3. The van der Waals surface area contributed by atoms with Crippen molar-refractivity contribution in [3.05, 3.63) is 0 Å². The van der Waals surface area contributed by atoms with Gasteiger partial charge in [0, 0.05) is 29.4 Å². The Morgan fingerprint density at radius 2 is 1.70 bits per heavy atom. The maximum atomic E-state index is 12.4. The average molecular weight is 408 g/mol. The monoisotopic (exact) mass is 408 g/mol. The van der Waals surface area contributed by atoms with Crippen molar-refractivity contribution in [1.82, 2.24) is 10.6 Å². The number of aliphatic imine (C=N–C) groups is 1. The zero-order valence-electron chi connectivity index (χ0n) is 15.1. The van der Waals surface area contributed by atoms with E-state index in [4.69, 9.17) is 22.3 Å². The van der Waals surface area contributed by atoms with Gasteiger partial charge < -0.3 is 38.0 Å². The number of aliphatic hydroxyl groups is 1. The second-order valence-corrected chi connectivity index (χ2v) is 7.32. The molecule has 0 fully saturated rings. The normalized spacial score (nSPS) is 15.1. The zero-order chi connectivity index (χ0) is 21.0. The van der Waals surface area contributed by atoms with Gasteiger partial charge in [-0.1, -0.05) is 0 Å². The molecule has 2 amide bonds. The van der Waals surface area contributed by atoms with Gasteiger partial charge in [0.25, 0.3) is 0 Å². The third-order valence-electron chi connectivity index (χ3n) is 3.42. The molecule has 0 aromatic carbocycles. The van der Waals surface area contributed by atoms with Crippen LogP contribution in [0.3, 0.4) is 0 Å². The number of hydrogen-bond acceptors (Lipinski definition) is 7. The molecule has 0 aliphatic carbocycles. The van der Waals surface area contributed by atoms with Crippen molar-refractivity contribution < 1.29 is 28.8 Å². The van der Waals surface area contributed by atoms with Gasteiger partial charge >= 0.3 is 5.97 Å². The number of aliphatic hydroxyl groups excluding tert-OH is 1. The van der Waals surface area contributed by atoms with Gasteiger partial charge in [-0.25, -0.2) is 4.79 Å². The molecule has 0 aromatic heterocycles. The summed E-state index contributed by atoms with van der Waals surface area (Å²) >= 11 is 0. The first kappa shape index (κ1) is 24.8. The predicted molar refractivity (Wildman–Crippen MR) is 100 cm³/mol. The van der Waals surface area contributed by atoms with E-state index in [9.17, 15) is 23.7 Å². The summed E-state index contributed by atoms with van der Waals surface area (Å²) in [6.07, 6.45) is 1.81. The van der Waals surface area contributed by atoms with E-state index in [-0.39, 0.29) is 31.1 Å². The Balaban J connectivity index is 4.97. The van der Waals surface area contributed by atoms with Gasteiger partial charge in [-0.05, 0) is 19.3 Å². The topological polar surface area (TPSA) is 223 Å². The lowest BCUT2D eigenvalue weighted by atomic mass is 10.1. The standard InChI is InChI=1S/C14H28N6O6S/c1-27(26)6-4-9(19-11(22)8(15)7-21)12(23)20-10(13(24)25)3-2-5-18-14(16)17/h8-10,21H,2-7,15H2,1H3,(H,19,22)(H,20,23)(H,24,25)(H4,16,17,18). The number of carboxylic acids is 1. The summed E-state index contributed by atoms with van der Waals surface area (Å²) < 4.78 is 11.3. The van der Waals surface area contributed by atoms with E-state index in [1.165, 1.54) is 6.26 Å². The Labute approximate surface area is 159 Å². The SMILES string of the molecule is CS(=O)CCC(NC(=O)C(N)CO)C(=O)NC(CCCN=C(N)N)C(=O)O. The van der Waals surface area contributed by atoms with E-state index in [1.54, 1.807) is 0 Å². The molecule has 0 rings (SSSR count). The summed E-state index contributed by atoms with van der Waals surface area (Å²) in [7, 11) is -1.23. The summed E-state index contributed by atoms with van der Waals surface area (Å²) in [4.78, 5) is 39.3. The number of carbonyl (C=O) groups is 3. The van der Waals surface area contributed by atoms with Crippen LogP contribution in [0, 0.1) is 0 Å². The molecule has 0 aromatic rings. The molecule has 12 nitrogen and oxygen atoms in total. The number of carboxylic acid groups (broad SMARTS) is 1. The molecule has 4 atom stereocenters. The quantitative estimate of drug-likeness (QED) is 0.0899. The largest absolute Gasteiger partial charge is 0.480 e. The van der Waals surface area contributed by atoms with E-state index in [2.05, 4.69) is 15.6 Å². The molecule has 0 saturated carbocycles. The van der Waals surface area contributed by atoms with Crippen LogP contribution >= 0.6 is 0 Å². The van der Waals surface area contributed by atoms with Gasteiger partial charge in [0.05, 0.1) is 6.61 Å². The Kier molecular flexibility index (Phi) is 11.9. The highest BCUT2D eigenvalue weighted by atomic mass is 32.2. The van der Waals surface area contributed by atoms with Crippen molar-refractivity contribution in [3.8, 4) is 0 Å². The number of guanidine groups is 1. The molecule has 0 aliphatic heterocycles. The highest BCUT2D eigenvalue weighted by Crippen LogP contribution is 2.02. The van der Waals surface area contributed by atoms with Crippen molar-refractivity contribution in [2.45, 2.75) is 37.4 Å². The fourth-order valence-corrected chi connectivity index (χ4v) is 2.52. The van der Waals surface area contributed by atoms with Crippen molar-refractivity contribution in [2.75, 3.05) is 25.2 Å². The highest BCUT2D eigenvalue weighted by Gasteiger charge is 2.27. The molecule has 27 heavy (non-hydrogen) atoms. The van der Waals surface area contributed by atoms with Gasteiger partial charge in [-0.3, -0.25) is 18.8 Å². The Morgan fingerprint density at radius 1 is 1.11 bits per heavy atom. The minimum atomic E-state index is -1.26. The molecule has 0 aliphatic rings. The Hall–Kier alpha value is -2.25. The summed E-state index contributed by atoms with van der Waals surface area (Å²) in [5.41, 5.74) is 15.8. The first-order valence-electron chi connectivity index (χ1n) is 8.13. The highest BCUT2D eigenvalue weighted by molar-refractivity contribution is 7.84. The first-order valence-corrected chi connectivity index (χ1v) is 9.86. The van der Waals surface area contributed by atoms with Crippen LogP contribution in [0.1, 0.15) is 19.3 Å². The second kappa shape index (κ2) is 13.0. The third kappa shape index (κ3) is 11.1. The molecule has 0 radical (unpaired) electrons. The minimum absolute atomic E-state index is 0.0131. The van der Waals surface area contributed by atoms with Gasteiger partial charge in [-0.2, -0.15) is 0 Å². The van der Waals surface area contributed by atoms with Crippen LogP contribution in [-0.2, 0) is 25.2 Å². The van der Waals surface area contributed by atoms with Crippen LogP contribution in [0.25, 0.3) is 0 Å². The molecule has 0 spiro atoms. The van der Waals surface area contributed by atoms with E-state index in [0.29, 0.717) is 6.42 Å². The molecule has 10 N–H and O–H groups in total. The van der Waals surface area contributed by atoms with Crippen LogP contribution in [0.2, 0.25) is 0 Å². The van der Waals surface area contributed by atoms with Crippen molar-refractivity contribution in [3.63, 3.8) is 0 Å². The number of hydrogen-bond donors (Lipinski definition) is 7. The summed E-state index contributed by atoms with van der Waals surface area (Å²) in [5, 5.41) is 22.8. The summed E-state index contributed by atoms with van der Waals surface area (Å²) in [5.74, 6) is -2.81. The summed E-state index contributed by atoms with van der Waals surface area (Å²) in [6, 6.07) is -3.59. The molecule has 0 heterocycles. The van der Waals surface area contributed by atoms with Crippen molar-refractivity contribution in [2.24, 2.45) is 22.2 Å². The number of rotatable bonds is 13. The number of nitrogens with zero attached hydrogens (tertiary/aromatic N) is 1. The smallest absolute Gasteiger partial charge is 0.326 e. The van der Waals surface area contributed by atoms with E-state index in [0.717, 1.165) is 0 Å². The molecular weight excluding hydrogens is 380 g/mol. The number of nitrogens with one attached hydrogen (secondary N) is 2. The molecule has 156 valence electrons. The Morgan fingerprint density at radius 3 is 2.19 bits per heavy atom. The third-order valence-corrected chi connectivity index (χ3v) is 4.23. The number of carbonyl (C=O) groups excluding carboxylic acids is 2. The van der Waals surface area contributed by atoms with Crippen LogP contribution in [-0.4, -0.2) is 81.5 Å². The fourth-order valence-electron chi connectivity index (χ4n) is 1.95. The van der Waals surface area contributed by atoms with E-state index < -0.39 is 53.3 Å². The van der Waals surface area contributed by atoms with Crippen molar-refractivity contribution >= 4 is 34.5 Å². The van der Waals surface area contributed by atoms with E-state index in [1.807, 2.05) is 0 Å². The summed E-state index contributed by atoms with van der Waals surface area (Å²) in [6.45, 7) is -0.426. The lowest BCUT2D eigenvalue weighted by molar-refractivity contribution is -0.142. The van der Waals surface area contributed by atoms with E-state index >= 15 is 0 Å². The fraction of sp³-hybridized carbons (Fsp3) is 0.714. The van der Waals surface area contributed by atoms with Crippen LogP contribution in [0.4, 0.5) is 0 Å². The maximum Gasteiger partial charge on any atom is 0.326 e. The molecule has 0 bridgehead atoms. The number of aliphatic carboxylic acids is 1. The molecule has 13 heteroatoms. The lowest BCUT2D eigenvalue weighted by Gasteiger charge is -2.22. The molecular formula is C14H28N6O6S. The molecule has 4 unspecified atom stereocenters. The maximum absolute atomic E-state index is 12.4. The van der Waals surface area contributed by atoms with Gasteiger partial charge in [-0.15, -0.1) is 0 Å². The molecule has 0 saturated heterocycles. The lowest BCUT2D eigenvalue weighted by Crippen LogP contribution is -2.55. The predicted octanol–water partition coefficient (Wildman–Crippen LogP) is -3.82. The van der Waals surface area contributed by atoms with Crippen molar-refractivity contribution in [1.29, 1.82) is 0 Å². The second-order valence-electron chi connectivity index (χ2n) is 5.76. The van der Waals surface area contributed by atoms with Gasteiger partial charge in [0.15, 0.2) is 5.96 Å². The first-order chi connectivity index (χ1) is 12.6. The van der Waals surface area contributed by atoms with Crippen LogP contribution in [0.5, 0.6) is 0 Å². The van der Waals surface area contributed by atoms with Gasteiger partial charge in [0.1, 0.15) is 18.1 Å². The average Bonchev–Trinajstić information content (AvgIpc) is 2.59. The number of amides is 2. The minimum Gasteiger partial charge on any atom is -0.480 e.